The molecule has 0 fully saturated rings. The third-order valence-corrected chi connectivity index (χ3v) is 7.55. The number of sulfone groups is 1. The number of benzene rings is 2. The third-order valence-electron chi connectivity index (χ3n) is 5.85. The van der Waals surface area contributed by atoms with Crippen molar-refractivity contribution in [1.29, 1.82) is 0 Å². The normalized spacial score (nSPS) is 11.2. The van der Waals surface area contributed by atoms with E-state index in [1.807, 2.05) is 28.9 Å². The SMILES string of the molecule is Cn1ccc(CS(=O)(=O)c2ccc(C(=O)NCc3ccn4ccnc4c3)cc2C#Cc2ccc(N)cc2)n1. The second-order valence-electron chi connectivity index (χ2n) is 8.73. The fourth-order valence-electron chi connectivity index (χ4n) is 3.91. The maximum absolute atomic E-state index is 13.3. The number of rotatable bonds is 6. The molecule has 3 N–H and O–H groups in total. The maximum atomic E-state index is 13.3. The molecular weight excluding hydrogens is 500 g/mol. The van der Waals surface area contributed by atoms with E-state index in [0.717, 1.165) is 11.2 Å². The minimum absolute atomic E-state index is 0.0346. The van der Waals surface area contributed by atoms with Crippen molar-refractivity contribution in [3.63, 3.8) is 0 Å². The predicted octanol–water partition coefficient (Wildman–Crippen LogP) is 2.95. The molecule has 0 atom stereocenters. The molecule has 0 saturated heterocycles. The van der Waals surface area contributed by atoms with E-state index in [4.69, 9.17) is 5.73 Å². The van der Waals surface area contributed by atoms with Crippen LogP contribution in [-0.2, 0) is 29.2 Å². The number of hydrogen-bond acceptors (Lipinski definition) is 6. The minimum Gasteiger partial charge on any atom is -0.399 e. The Morgan fingerprint density at radius 2 is 1.82 bits per heavy atom. The van der Waals surface area contributed by atoms with Crippen LogP contribution in [0.4, 0.5) is 5.69 Å². The number of imidazole rings is 1. The highest BCUT2D eigenvalue weighted by Crippen LogP contribution is 2.22. The molecule has 0 saturated carbocycles. The summed E-state index contributed by atoms with van der Waals surface area (Å²) in [5, 5.41) is 7.07. The summed E-state index contributed by atoms with van der Waals surface area (Å²) in [5.41, 5.74) is 9.61. The Labute approximate surface area is 219 Å². The molecule has 0 radical (unpaired) electrons. The smallest absolute Gasteiger partial charge is 0.251 e. The molecule has 2 aromatic carbocycles. The van der Waals surface area contributed by atoms with Gasteiger partial charge >= 0.3 is 0 Å². The molecule has 3 heterocycles. The number of nitrogens with one attached hydrogen (secondary N) is 1. The molecule has 0 unspecified atom stereocenters. The molecule has 0 aliphatic carbocycles. The van der Waals surface area contributed by atoms with Crippen LogP contribution in [0.15, 0.2) is 90.3 Å². The number of carbonyl (C=O) groups excluding carboxylic acids is 1. The topological polar surface area (TPSA) is 124 Å². The lowest BCUT2D eigenvalue weighted by molar-refractivity contribution is 0.0950. The highest BCUT2D eigenvalue weighted by Gasteiger charge is 2.22. The summed E-state index contributed by atoms with van der Waals surface area (Å²) < 4.78 is 30.1. The summed E-state index contributed by atoms with van der Waals surface area (Å²) in [6.07, 6.45) is 7.10. The van der Waals surface area contributed by atoms with Gasteiger partial charge in [-0.15, -0.1) is 0 Å². The van der Waals surface area contributed by atoms with E-state index in [2.05, 4.69) is 27.2 Å². The number of nitrogen functional groups attached to an aromatic ring is 1. The predicted molar refractivity (Wildman–Crippen MR) is 144 cm³/mol. The fraction of sp³-hybridized carbons (Fsp3) is 0.107. The molecular formula is C28H24N6O3S. The number of nitrogens with zero attached hydrogens (tertiary/aromatic N) is 4. The van der Waals surface area contributed by atoms with Gasteiger partial charge in [-0.2, -0.15) is 5.10 Å². The van der Waals surface area contributed by atoms with Gasteiger partial charge < -0.3 is 15.5 Å². The first kappa shape index (κ1) is 24.8. The highest BCUT2D eigenvalue weighted by atomic mass is 32.2. The second kappa shape index (κ2) is 10.2. The Kier molecular flexibility index (Phi) is 6.68. The third kappa shape index (κ3) is 5.58. The number of aromatic nitrogens is 4. The molecule has 3 aromatic heterocycles. The van der Waals surface area contributed by atoms with Crippen LogP contribution >= 0.6 is 0 Å². The number of anilines is 1. The van der Waals surface area contributed by atoms with Crippen LogP contribution < -0.4 is 11.1 Å². The molecule has 10 heteroatoms. The van der Waals surface area contributed by atoms with Gasteiger partial charge in [-0.25, -0.2) is 13.4 Å². The number of nitrogens with two attached hydrogens (primary N) is 1. The van der Waals surface area contributed by atoms with Crippen LogP contribution in [0.2, 0.25) is 0 Å². The van der Waals surface area contributed by atoms with E-state index in [-0.39, 0.29) is 28.7 Å². The zero-order valence-electron chi connectivity index (χ0n) is 20.5. The van der Waals surface area contributed by atoms with E-state index >= 15 is 0 Å². The maximum Gasteiger partial charge on any atom is 0.251 e. The molecule has 5 rings (SSSR count). The number of hydrogen-bond donors (Lipinski definition) is 2. The van der Waals surface area contributed by atoms with Gasteiger partial charge in [0.25, 0.3) is 5.91 Å². The largest absolute Gasteiger partial charge is 0.399 e. The second-order valence-corrected chi connectivity index (χ2v) is 10.7. The molecule has 5 aromatic rings. The Morgan fingerprint density at radius 1 is 1.00 bits per heavy atom. The summed E-state index contributed by atoms with van der Waals surface area (Å²) in [5.74, 6) is 5.29. The standard InChI is InChI=1S/C28H24N6O3S/c1-33-13-11-25(32-33)19-38(36,37)26-9-6-23(17-22(26)5-2-20-3-7-24(29)8-4-20)28(35)31-18-21-10-14-34-15-12-30-27(34)16-21/h3-4,6-17H,18-19,29H2,1H3,(H,31,35). The Balaban J connectivity index is 1.44. The van der Waals surface area contributed by atoms with E-state index in [1.165, 1.54) is 18.2 Å². The van der Waals surface area contributed by atoms with Gasteiger partial charge in [-0.1, -0.05) is 11.8 Å². The van der Waals surface area contributed by atoms with Gasteiger partial charge in [-0.05, 0) is 66.2 Å². The summed E-state index contributed by atoms with van der Waals surface area (Å²) in [6.45, 7) is 0.286. The van der Waals surface area contributed by atoms with Crippen LogP contribution in [0.1, 0.15) is 32.7 Å². The van der Waals surface area contributed by atoms with E-state index in [1.54, 1.807) is 54.5 Å². The lowest BCUT2D eigenvalue weighted by Gasteiger charge is -2.10. The number of pyridine rings is 1. The van der Waals surface area contributed by atoms with E-state index in [9.17, 15) is 13.2 Å². The first-order chi connectivity index (χ1) is 18.3. The summed E-state index contributed by atoms with van der Waals surface area (Å²) >= 11 is 0. The Morgan fingerprint density at radius 3 is 2.58 bits per heavy atom. The molecule has 1 amide bonds. The lowest BCUT2D eigenvalue weighted by atomic mass is 10.1. The average molecular weight is 525 g/mol. The van der Waals surface area contributed by atoms with Crippen LogP contribution in [0.5, 0.6) is 0 Å². The molecule has 0 aliphatic rings. The molecule has 9 nitrogen and oxygen atoms in total. The molecule has 190 valence electrons. The average Bonchev–Trinajstić information content (AvgIpc) is 3.54. The van der Waals surface area contributed by atoms with Crippen molar-refractivity contribution in [1.82, 2.24) is 24.5 Å². The van der Waals surface area contributed by atoms with Crippen molar-refractivity contribution >= 4 is 27.1 Å². The summed E-state index contributed by atoms with van der Waals surface area (Å²) in [4.78, 5) is 17.3. The lowest BCUT2D eigenvalue weighted by Crippen LogP contribution is -2.23. The number of amides is 1. The number of aryl methyl sites for hydroxylation is 1. The van der Waals surface area contributed by atoms with Crippen LogP contribution in [-0.4, -0.2) is 33.5 Å². The molecule has 0 aliphatic heterocycles. The van der Waals surface area contributed by atoms with Gasteiger partial charge in [0.1, 0.15) is 5.65 Å². The van der Waals surface area contributed by atoms with Crippen molar-refractivity contribution in [2.24, 2.45) is 7.05 Å². The van der Waals surface area contributed by atoms with Gasteiger partial charge in [0.05, 0.1) is 16.3 Å². The number of carbonyl (C=O) groups is 1. The first-order valence-electron chi connectivity index (χ1n) is 11.7. The minimum atomic E-state index is -3.79. The van der Waals surface area contributed by atoms with Crippen LogP contribution in [0.3, 0.4) is 0 Å². The van der Waals surface area contributed by atoms with Crippen LogP contribution in [0.25, 0.3) is 5.65 Å². The van der Waals surface area contributed by atoms with Crippen molar-refractivity contribution in [2.45, 2.75) is 17.2 Å². The van der Waals surface area contributed by atoms with Crippen molar-refractivity contribution in [3.8, 4) is 11.8 Å². The highest BCUT2D eigenvalue weighted by molar-refractivity contribution is 7.90. The van der Waals surface area contributed by atoms with E-state index in [0.29, 0.717) is 22.5 Å². The van der Waals surface area contributed by atoms with Gasteiger partial charge in [0, 0.05) is 60.8 Å². The Bertz CT molecular complexity index is 1810. The zero-order valence-corrected chi connectivity index (χ0v) is 21.3. The fourth-order valence-corrected chi connectivity index (χ4v) is 5.32. The van der Waals surface area contributed by atoms with Crippen molar-refractivity contribution in [3.05, 3.63) is 113 Å². The number of fused-ring (bicyclic) bond motifs is 1. The molecule has 0 spiro atoms. The summed E-state index contributed by atoms with van der Waals surface area (Å²) in [6, 6.07) is 16.8. The first-order valence-corrected chi connectivity index (χ1v) is 13.3. The summed E-state index contributed by atoms with van der Waals surface area (Å²) in [7, 11) is -2.07. The molecule has 38 heavy (non-hydrogen) atoms. The van der Waals surface area contributed by atoms with Crippen LogP contribution in [0, 0.1) is 11.8 Å². The zero-order chi connectivity index (χ0) is 26.7. The van der Waals surface area contributed by atoms with Gasteiger partial charge in [0.2, 0.25) is 0 Å². The quantitative estimate of drug-likeness (QED) is 0.260. The van der Waals surface area contributed by atoms with Gasteiger partial charge in [0.15, 0.2) is 9.84 Å². The monoisotopic (exact) mass is 524 g/mol. The van der Waals surface area contributed by atoms with Crippen molar-refractivity contribution < 1.29 is 13.2 Å². The van der Waals surface area contributed by atoms with E-state index < -0.39 is 9.84 Å². The Hall–Kier alpha value is -4.88. The molecule has 0 bridgehead atoms. The van der Waals surface area contributed by atoms with Crippen molar-refractivity contribution in [2.75, 3.05) is 5.73 Å². The van der Waals surface area contributed by atoms with Gasteiger partial charge in [-0.3, -0.25) is 9.48 Å².